The molecule has 4 heteroatoms. The highest BCUT2D eigenvalue weighted by Crippen LogP contribution is 2.20. The van der Waals surface area contributed by atoms with Gasteiger partial charge in [0.2, 0.25) is 6.43 Å². The van der Waals surface area contributed by atoms with E-state index >= 15 is 0 Å². The molecular formula is C8H9F2NS. The molecule has 1 rings (SSSR count). The van der Waals surface area contributed by atoms with Crippen LogP contribution in [0.15, 0.2) is 23.4 Å². The zero-order valence-electron chi connectivity index (χ0n) is 6.63. The van der Waals surface area contributed by atoms with E-state index in [-0.39, 0.29) is 5.75 Å². The molecule has 0 radical (unpaired) electrons. The molecule has 0 N–H and O–H groups in total. The van der Waals surface area contributed by atoms with Gasteiger partial charge in [-0.2, -0.15) is 0 Å². The van der Waals surface area contributed by atoms with Crippen LogP contribution in [0.4, 0.5) is 8.78 Å². The highest BCUT2D eigenvalue weighted by molar-refractivity contribution is 7.99. The first-order valence-electron chi connectivity index (χ1n) is 3.52. The summed E-state index contributed by atoms with van der Waals surface area (Å²) in [5.41, 5.74) is 0.947. The molecule has 0 saturated carbocycles. The number of pyridine rings is 1. The summed E-state index contributed by atoms with van der Waals surface area (Å²) in [6.07, 6.45) is -0.655. The predicted molar refractivity (Wildman–Crippen MR) is 45.7 cm³/mol. The van der Waals surface area contributed by atoms with Crippen molar-refractivity contribution >= 4 is 11.8 Å². The molecule has 0 amide bonds. The van der Waals surface area contributed by atoms with Gasteiger partial charge in [-0.05, 0) is 18.6 Å². The van der Waals surface area contributed by atoms with Crippen LogP contribution < -0.4 is 0 Å². The number of thioether (sulfide) groups is 1. The molecule has 0 aromatic carbocycles. The van der Waals surface area contributed by atoms with Gasteiger partial charge in [-0.1, -0.05) is 6.07 Å². The number of halogens is 2. The standard InChI is InChI=1S/C8H9F2NS/c1-6-3-2-4-11-8(6)12-5-7(9)10/h2-4,7H,5H2,1H3. The first-order chi connectivity index (χ1) is 5.70. The minimum absolute atomic E-state index is 0.183. The molecule has 0 aliphatic heterocycles. The van der Waals surface area contributed by atoms with Crippen molar-refractivity contribution < 1.29 is 8.78 Å². The SMILES string of the molecule is Cc1cccnc1SCC(F)F. The van der Waals surface area contributed by atoms with Crippen molar-refractivity contribution in [3.63, 3.8) is 0 Å². The molecule has 12 heavy (non-hydrogen) atoms. The lowest BCUT2D eigenvalue weighted by atomic mass is 10.3. The minimum atomic E-state index is -2.27. The molecule has 1 aromatic heterocycles. The zero-order chi connectivity index (χ0) is 8.97. The first kappa shape index (κ1) is 9.45. The summed E-state index contributed by atoms with van der Waals surface area (Å²) in [5, 5.41) is 0.692. The second-order valence-electron chi connectivity index (χ2n) is 2.33. The summed E-state index contributed by atoms with van der Waals surface area (Å²) < 4.78 is 23.6. The summed E-state index contributed by atoms with van der Waals surface area (Å²) >= 11 is 1.09. The number of rotatable bonds is 3. The van der Waals surface area contributed by atoms with Gasteiger partial charge < -0.3 is 0 Å². The lowest BCUT2D eigenvalue weighted by Crippen LogP contribution is -1.95. The molecule has 1 aromatic rings. The van der Waals surface area contributed by atoms with Gasteiger partial charge in [0.05, 0.1) is 10.8 Å². The average Bonchev–Trinajstić information content (AvgIpc) is 2.03. The normalized spacial score (nSPS) is 10.7. The summed E-state index contributed by atoms with van der Waals surface area (Å²) in [5.74, 6) is -0.183. The topological polar surface area (TPSA) is 12.9 Å². The van der Waals surface area contributed by atoms with Crippen LogP contribution in [0.1, 0.15) is 5.56 Å². The fourth-order valence-electron chi connectivity index (χ4n) is 0.764. The smallest absolute Gasteiger partial charge is 0.247 e. The van der Waals surface area contributed by atoms with Crippen LogP contribution in [-0.4, -0.2) is 17.2 Å². The van der Waals surface area contributed by atoms with E-state index in [1.807, 2.05) is 13.0 Å². The van der Waals surface area contributed by atoms with Crippen molar-refractivity contribution in [3.05, 3.63) is 23.9 Å². The second-order valence-corrected chi connectivity index (χ2v) is 3.34. The van der Waals surface area contributed by atoms with E-state index in [9.17, 15) is 8.78 Å². The molecule has 0 fully saturated rings. The largest absolute Gasteiger partial charge is 0.250 e. The molecule has 0 saturated heterocycles. The van der Waals surface area contributed by atoms with Gasteiger partial charge in [0, 0.05) is 6.20 Å². The molecule has 0 unspecified atom stereocenters. The molecule has 0 aliphatic rings. The Morgan fingerprint density at radius 1 is 1.58 bits per heavy atom. The predicted octanol–water partition coefficient (Wildman–Crippen LogP) is 2.75. The molecule has 66 valence electrons. The van der Waals surface area contributed by atoms with Crippen LogP contribution in [0, 0.1) is 6.92 Å². The van der Waals surface area contributed by atoms with Crippen LogP contribution >= 0.6 is 11.8 Å². The van der Waals surface area contributed by atoms with Gasteiger partial charge in [0.1, 0.15) is 0 Å². The van der Waals surface area contributed by atoms with Crippen LogP contribution in [0.3, 0.4) is 0 Å². The van der Waals surface area contributed by atoms with E-state index in [4.69, 9.17) is 0 Å². The van der Waals surface area contributed by atoms with Crippen LogP contribution in [0.25, 0.3) is 0 Å². The van der Waals surface area contributed by atoms with Crippen molar-refractivity contribution in [2.75, 3.05) is 5.75 Å². The van der Waals surface area contributed by atoms with Gasteiger partial charge in [-0.3, -0.25) is 0 Å². The molecule has 0 atom stereocenters. The van der Waals surface area contributed by atoms with E-state index < -0.39 is 6.43 Å². The maximum Gasteiger partial charge on any atom is 0.247 e. The van der Waals surface area contributed by atoms with Crippen molar-refractivity contribution in [3.8, 4) is 0 Å². The average molecular weight is 189 g/mol. The fourth-order valence-corrected chi connectivity index (χ4v) is 1.48. The fraction of sp³-hybridized carbons (Fsp3) is 0.375. The van der Waals surface area contributed by atoms with Crippen LogP contribution in [-0.2, 0) is 0 Å². The highest BCUT2D eigenvalue weighted by atomic mass is 32.2. The first-order valence-corrected chi connectivity index (χ1v) is 4.51. The Kier molecular flexibility index (Phi) is 3.47. The van der Waals surface area contributed by atoms with E-state index in [2.05, 4.69) is 4.98 Å². The van der Waals surface area contributed by atoms with E-state index in [0.29, 0.717) is 5.03 Å². The van der Waals surface area contributed by atoms with Crippen molar-refractivity contribution in [2.45, 2.75) is 18.4 Å². The summed E-state index contributed by atoms with van der Waals surface area (Å²) in [7, 11) is 0. The number of alkyl halides is 2. The van der Waals surface area contributed by atoms with Crippen molar-refractivity contribution in [2.24, 2.45) is 0 Å². The van der Waals surface area contributed by atoms with Crippen LogP contribution in [0.5, 0.6) is 0 Å². The molecule has 0 bridgehead atoms. The summed E-state index contributed by atoms with van der Waals surface area (Å²) in [6.45, 7) is 1.86. The Morgan fingerprint density at radius 3 is 2.92 bits per heavy atom. The maximum atomic E-state index is 11.8. The van der Waals surface area contributed by atoms with Gasteiger partial charge in [-0.15, -0.1) is 11.8 Å². The monoisotopic (exact) mass is 189 g/mol. The molecule has 1 heterocycles. The third-order valence-electron chi connectivity index (χ3n) is 1.31. The van der Waals surface area contributed by atoms with Crippen molar-refractivity contribution in [1.82, 2.24) is 4.98 Å². The quantitative estimate of drug-likeness (QED) is 0.678. The van der Waals surface area contributed by atoms with E-state index in [1.165, 1.54) is 0 Å². The van der Waals surface area contributed by atoms with Gasteiger partial charge in [0.15, 0.2) is 0 Å². The van der Waals surface area contributed by atoms with Gasteiger partial charge in [0.25, 0.3) is 0 Å². The third-order valence-corrected chi connectivity index (χ3v) is 2.43. The van der Waals surface area contributed by atoms with Gasteiger partial charge >= 0.3 is 0 Å². The number of hydrogen-bond acceptors (Lipinski definition) is 2. The minimum Gasteiger partial charge on any atom is -0.250 e. The Labute approximate surface area is 74.2 Å². The number of hydrogen-bond donors (Lipinski definition) is 0. The Morgan fingerprint density at radius 2 is 2.33 bits per heavy atom. The molecule has 0 aliphatic carbocycles. The lowest BCUT2D eigenvalue weighted by molar-refractivity contribution is 0.177. The van der Waals surface area contributed by atoms with Gasteiger partial charge in [-0.25, -0.2) is 13.8 Å². The third kappa shape index (κ3) is 2.77. The maximum absolute atomic E-state index is 11.8. The summed E-state index contributed by atoms with van der Waals surface area (Å²) in [6, 6.07) is 3.66. The number of aromatic nitrogens is 1. The molecule has 0 spiro atoms. The number of aryl methyl sites for hydroxylation is 1. The van der Waals surface area contributed by atoms with E-state index in [0.717, 1.165) is 17.3 Å². The van der Waals surface area contributed by atoms with Crippen molar-refractivity contribution in [1.29, 1.82) is 0 Å². The highest BCUT2D eigenvalue weighted by Gasteiger charge is 2.05. The Hall–Kier alpha value is -0.640. The molecular weight excluding hydrogens is 180 g/mol. The zero-order valence-corrected chi connectivity index (χ0v) is 7.44. The Balaban J connectivity index is 2.57. The molecule has 1 nitrogen and oxygen atoms in total. The lowest BCUT2D eigenvalue weighted by Gasteiger charge is -2.02. The van der Waals surface area contributed by atoms with E-state index in [1.54, 1.807) is 12.3 Å². The number of nitrogens with zero attached hydrogens (tertiary/aromatic N) is 1. The Bertz CT molecular complexity index is 253. The summed E-state index contributed by atoms with van der Waals surface area (Å²) in [4.78, 5) is 3.98. The van der Waals surface area contributed by atoms with Crippen LogP contribution in [0.2, 0.25) is 0 Å². The second kappa shape index (κ2) is 4.40.